The third kappa shape index (κ3) is 2.92. The minimum atomic E-state index is -0.946. The minimum Gasteiger partial charge on any atom is -0.491 e. The molecule has 5 heteroatoms. The summed E-state index contributed by atoms with van der Waals surface area (Å²) in [6.07, 6.45) is 0.832. The van der Waals surface area contributed by atoms with Crippen LogP contribution in [-0.4, -0.2) is 19.3 Å². The van der Waals surface area contributed by atoms with Crippen molar-refractivity contribution < 1.29 is 19.0 Å². The number of carbonyl (C=O) groups is 1. The Labute approximate surface area is 216 Å². The molecule has 2 atom stereocenters. The van der Waals surface area contributed by atoms with Crippen molar-refractivity contribution in [3.8, 4) is 17.2 Å². The lowest BCUT2D eigenvalue weighted by atomic mass is 9.77. The van der Waals surface area contributed by atoms with Crippen LogP contribution in [0, 0.1) is 6.92 Å². The topological polar surface area (TPSA) is 44.8 Å². The minimum absolute atomic E-state index is 0.104. The number of quaternary nitrogens is 1. The predicted octanol–water partition coefficient (Wildman–Crippen LogP) is 6.34. The number of benzene rings is 4. The molecule has 1 spiro atoms. The summed E-state index contributed by atoms with van der Waals surface area (Å²) in [5, 5.41) is 0. The van der Waals surface area contributed by atoms with Gasteiger partial charge in [-0.3, -0.25) is 0 Å². The molecular weight excluding hydrogens is 462 g/mol. The highest BCUT2D eigenvalue weighted by Gasteiger charge is 2.67. The molecule has 2 unspecified atom stereocenters. The number of hydrogen-bond acceptors (Lipinski definition) is 4. The van der Waals surface area contributed by atoms with Gasteiger partial charge >= 0.3 is 5.91 Å². The number of hydrogen-bond donors (Lipinski definition) is 0. The van der Waals surface area contributed by atoms with Gasteiger partial charge in [0.2, 0.25) is 6.79 Å². The van der Waals surface area contributed by atoms with Crippen molar-refractivity contribution in [1.82, 2.24) is 4.48 Å². The van der Waals surface area contributed by atoms with Crippen molar-refractivity contribution in [2.45, 2.75) is 32.2 Å². The van der Waals surface area contributed by atoms with Gasteiger partial charge in [0.15, 0.2) is 22.6 Å². The van der Waals surface area contributed by atoms with Crippen LogP contribution >= 0.6 is 0 Å². The van der Waals surface area contributed by atoms with Crippen LogP contribution in [0.3, 0.4) is 0 Å². The van der Waals surface area contributed by atoms with Crippen molar-refractivity contribution >= 4 is 17.3 Å². The zero-order valence-electron chi connectivity index (χ0n) is 21.0. The number of aryl methyl sites for hydroxylation is 2. The van der Waals surface area contributed by atoms with E-state index in [1.165, 1.54) is 11.1 Å². The number of rotatable bonds is 4. The van der Waals surface area contributed by atoms with Crippen molar-refractivity contribution in [2.75, 3.05) is 13.4 Å². The van der Waals surface area contributed by atoms with Crippen LogP contribution in [0.1, 0.15) is 34.7 Å². The second-order valence-corrected chi connectivity index (χ2v) is 10.2. The Hall–Kier alpha value is -4.09. The maximum Gasteiger partial charge on any atom is 0.343 e. The molecule has 0 N–H and O–H groups in total. The largest absolute Gasteiger partial charge is 0.491 e. The molecule has 184 valence electrons. The van der Waals surface area contributed by atoms with Crippen molar-refractivity contribution in [2.24, 2.45) is 0 Å². The van der Waals surface area contributed by atoms with Crippen molar-refractivity contribution in [3.05, 3.63) is 113 Å². The zero-order valence-corrected chi connectivity index (χ0v) is 21.0. The standard InChI is InChI=1S/C32H28NO4/c1-3-23-8-4-6-10-26(23)33(18-22-14-12-21(2)13-15-22)27-11-7-5-9-24(27)32(31(33)34)19-35-28-17-30-29(16-25(28)32)36-20-37-30/h4-17H,3,18-20H2,1-2H3/q+1. The SMILES string of the molecule is CCc1ccccc1[N+]1(Cc2ccc(C)cc2)C(=O)C2(COc3cc4c(cc32)OCO4)c2ccccc21. The Bertz CT molecular complexity index is 1560. The lowest BCUT2D eigenvalue weighted by Crippen LogP contribution is -2.53. The van der Waals surface area contributed by atoms with Gasteiger partial charge in [-0.05, 0) is 19.4 Å². The second-order valence-electron chi connectivity index (χ2n) is 10.2. The van der Waals surface area contributed by atoms with Gasteiger partial charge in [-0.2, -0.15) is 4.48 Å². The molecule has 0 saturated heterocycles. The maximum atomic E-state index is 15.3. The van der Waals surface area contributed by atoms with E-state index in [0.29, 0.717) is 23.8 Å². The molecule has 5 nitrogen and oxygen atoms in total. The molecule has 0 radical (unpaired) electrons. The monoisotopic (exact) mass is 490 g/mol. The van der Waals surface area contributed by atoms with Crippen molar-refractivity contribution in [1.29, 1.82) is 0 Å². The molecule has 1 amide bonds. The van der Waals surface area contributed by atoms with Crippen LogP contribution in [0.25, 0.3) is 0 Å². The van der Waals surface area contributed by atoms with Crippen LogP contribution in [-0.2, 0) is 23.2 Å². The number of para-hydroxylation sites is 2. The smallest absolute Gasteiger partial charge is 0.343 e. The molecule has 37 heavy (non-hydrogen) atoms. The van der Waals surface area contributed by atoms with E-state index in [0.717, 1.165) is 34.5 Å². The summed E-state index contributed by atoms with van der Waals surface area (Å²) in [6, 6.07) is 29.0. The Morgan fingerprint density at radius 3 is 2.27 bits per heavy atom. The van der Waals surface area contributed by atoms with Crippen LogP contribution in [0.4, 0.5) is 11.4 Å². The third-order valence-corrected chi connectivity index (χ3v) is 8.19. The predicted molar refractivity (Wildman–Crippen MR) is 142 cm³/mol. The summed E-state index contributed by atoms with van der Waals surface area (Å²) in [5.74, 6) is 2.11. The molecular formula is C32H28NO4+. The van der Waals surface area contributed by atoms with E-state index in [-0.39, 0.29) is 23.8 Å². The number of nitrogens with zero attached hydrogens (tertiary/aromatic N) is 1. The number of carbonyl (C=O) groups excluding carboxylic acids is 1. The first-order chi connectivity index (χ1) is 18.1. The molecule has 4 aromatic rings. The lowest BCUT2D eigenvalue weighted by molar-refractivity contribution is -0.131. The number of fused-ring (bicyclic) bond motifs is 5. The first-order valence-corrected chi connectivity index (χ1v) is 12.8. The molecule has 0 aromatic heterocycles. The summed E-state index contributed by atoms with van der Waals surface area (Å²) >= 11 is 0. The molecule has 3 heterocycles. The van der Waals surface area contributed by atoms with Gasteiger partial charge in [0.25, 0.3) is 0 Å². The molecule has 0 fully saturated rings. The number of ether oxygens (including phenoxy) is 3. The van der Waals surface area contributed by atoms with E-state index in [9.17, 15) is 0 Å². The van der Waals surface area contributed by atoms with Gasteiger partial charge in [0, 0.05) is 40.5 Å². The second kappa shape index (κ2) is 7.95. The molecule has 0 saturated carbocycles. The average molecular weight is 491 g/mol. The fraction of sp³-hybridized carbons (Fsp3) is 0.219. The van der Waals surface area contributed by atoms with E-state index >= 15 is 4.79 Å². The summed E-state index contributed by atoms with van der Waals surface area (Å²) in [5.41, 5.74) is 6.41. The van der Waals surface area contributed by atoms with Gasteiger partial charge in [-0.1, -0.05) is 73.2 Å². The fourth-order valence-electron chi connectivity index (χ4n) is 6.39. The Kier molecular flexibility index (Phi) is 4.76. The van der Waals surface area contributed by atoms with Gasteiger partial charge in [0.05, 0.1) is 0 Å². The molecule has 7 rings (SSSR count). The van der Waals surface area contributed by atoms with Crippen LogP contribution < -0.4 is 18.7 Å². The van der Waals surface area contributed by atoms with Crippen LogP contribution in [0.5, 0.6) is 17.2 Å². The summed E-state index contributed by atoms with van der Waals surface area (Å²) in [6.45, 7) is 5.19. The Morgan fingerprint density at radius 1 is 0.784 bits per heavy atom. The first kappa shape index (κ1) is 22.1. The average Bonchev–Trinajstić information content (AvgIpc) is 3.60. The highest BCUT2D eigenvalue weighted by atomic mass is 16.7. The van der Waals surface area contributed by atoms with E-state index in [1.807, 2.05) is 30.3 Å². The molecule has 0 aliphatic carbocycles. The number of amides is 1. The molecule has 3 aliphatic heterocycles. The van der Waals surface area contributed by atoms with Gasteiger partial charge in [-0.15, -0.1) is 0 Å². The van der Waals surface area contributed by atoms with Crippen LogP contribution in [0.15, 0.2) is 84.9 Å². The third-order valence-electron chi connectivity index (χ3n) is 8.19. The maximum absolute atomic E-state index is 15.3. The highest BCUT2D eigenvalue weighted by molar-refractivity contribution is 6.12. The van der Waals surface area contributed by atoms with E-state index in [1.54, 1.807) is 0 Å². The van der Waals surface area contributed by atoms with Gasteiger partial charge in [-0.25, -0.2) is 4.79 Å². The summed E-state index contributed by atoms with van der Waals surface area (Å²) in [7, 11) is 0. The van der Waals surface area contributed by atoms with Gasteiger partial charge < -0.3 is 14.2 Å². The lowest BCUT2D eigenvalue weighted by Gasteiger charge is -2.34. The zero-order chi connectivity index (χ0) is 25.2. The molecule has 3 aliphatic rings. The van der Waals surface area contributed by atoms with Crippen LogP contribution in [0.2, 0.25) is 0 Å². The summed E-state index contributed by atoms with van der Waals surface area (Å²) in [4.78, 5) is 15.3. The van der Waals surface area contributed by atoms with Gasteiger partial charge in [0.1, 0.15) is 24.6 Å². The first-order valence-electron chi connectivity index (χ1n) is 12.8. The Balaban J connectivity index is 1.53. The van der Waals surface area contributed by atoms with E-state index < -0.39 is 5.41 Å². The fourth-order valence-corrected chi connectivity index (χ4v) is 6.39. The highest BCUT2D eigenvalue weighted by Crippen LogP contribution is 2.60. The molecule has 0 bridgehead atoms. The van der Waals surface area contributed by atoms with E-state index in [4.69, 9.17) is 14.2 Å². The van der Waals surface area contributed by atoms with E-state index in [2.05, 4.69) is 68.4 Å². The Morgan fingerprint density at radius 2 is 1.49 bits per heavy atom. The molecule has 4 aromatic carbocycles. The normalized spacial score (nSPS) is 22.7. The van der Waals surface area contributed by atoms with Crippen molar-refractivity contribution in [3.63, 3.8) is 0 Å². The summed E-state index contributed by atoms with van der Waals surface area (Å²) < 4.78 is 17.7. The quantitative estimate of drug-likeness (QED) is 0.313.